The molecule has 2 fully saturated rings. The first-order valence-corrected chi connectivity index (χ1v) is 9.39. The molecule has 2 aromatic rings. The predicted molar refractivity (Wildman–Crippen MR) is 97.3 cm³/mol. The van der Waals surface area contributed by atoms with Crippen molar-refractivity contribution in [2.75, 3.05) is 13.1 Å². The quantitative estimate of drug-likeness (QED) is 0.699. The third-order valence-electron chi connectivity index (χ3n) is 5.35. The first kappa shape index (κ1) is 17.8. The second-order valence-corrected chi connectivity index (χ2v) is 7.48. The Kier molecular flexibility index (Phi) is 4.73. The number of aromatic nitrogens is 1. The number of aliphatic hydroxyl groups excluding tert-OH is 1. The highest BCUT2D eigenvalue weighted by Crippen LogP contribution is 2.33. The van der Waals surface area contributed by atoms with Gasteiger partial charge < -0.3 is 19.7 Å². The number of oxazole rings is 1. The number of nitrogens with zero attached hydrogens (tertiary/aromatic N) is 1. The maximum absolute atomic E-state index is 13.0. The predicted octanol–water partition coefficient (Wildman–Crippen LogP) is 1.00. The molecule has 1 aliphatic carbocycles. The van der Waals surface area contributed by atoms with Crippen molar-refractivity contribution in [3.8, 4) is 0 Å². The minimum absolute atomic E-state index is 0.0167. The number of fused-ring (bicyclic) bond motifs is 1. The lowest BCUT2D eigenvalue weighted by molar-refractivity contribution is -0.121. The highest BCUT2D eigenvalue weighted by atomic mass is 16.4. The number of hydrogen-bond donors (Lipinski definition) is 3. The van der Waals surface area contributed by atoms with Gasteiger partial charge in [-0.25, -0.2) is 4.79 Å². The van der Waals surface area contributed by atoms with Gasteiger partial charge in [0.25, 0.3) is 5.91 Å². The first-order chi connectivity index (χ1) is 13.0. The minimum atomic E-state index is -0.634. The molecule has 27 heavy (non-hydrogen) atoms. The van der Waals surface area contributed by atoms with Crippen LogP contribution < -0.4 is 11.1 Å². The van der Waals surface area contributed by atoms with Crippen molar-refractivity contribution in [1.29, 1.82) is 0 Å². The maximum Gasteiger partial charge on any atom is 0.417 e. The lowest BCUT2D eigenvalue weighted by Crippen LogP contribution is -2.43. The van der Waals surface area contributed by atoms with Crippen molar-refractivity contribution in [3.63, 3.8) is 0 Å². The van der Waals surface area contributed by atoms with Crippen molar-refractivity contribution in [3.05, 3.63) is 34.3 Å². The van der Waals surface area contributed by atoms with Crippen molar-refractivity contribution in [1.82, 2.24) is 15.2 Å². The molecule has 4 rings (SSSR count). The molecule has 2 heterocycles. The van der Waals surface area contributed by atoms with E-state index in [1.54, 1.807) is 23.1 Å². The summed E-state index contributed by atoms with van der Waals surface area (Å²) < 4.78 is 5.01. The van der Waals surface area contributed by atoms with Crippen LogP contribution in [0.3, 0.4) is 0 Å². The smallest absolute Gasteiger partial charge is 0.408 e. The van der Waals surface area contributed by atoms with Crippen molar-refractivity contribution in [2.24, 2.45) is 5.92 Å². The number of likely N-dealkylation sites (tertiary alicyclic amines) is 1. The highest BCUT2D eigenvalue weighted by molar-refractivity contribution is 6.04. The molecule has 0 spiro atoms. The van der Waals surface area contributed by atoms with Gasteiger partial charge in [-0.2, -0.15) is 0 Å². The van der Waals surface area contributed by atoms with Gasteiger partial charge in [-0.1, -0.05) is 18.9 Å². The average Bonchev–Trinajstić information content (AvgIpc) is 3.28. The molecule has 1 saturated carbocycles. The van der Waals surface area contributed by atoms with Gasteiger partial charge in [0, 0.05) is 19.5 Å². The number of carbonyl (C=O) groups excluding carboxylic acids is 2. The summed E-state index contributed by atoms with van der Waals surface area (Å²) in [7, 11) is 0. The van der Waals surface area contributed by atoms with Gasteiger partial charge in [-0.3, -0.25) is 14.6 Å². The minimum Gasteiger partial charge on any atom is -0.408 e. The Morgan fingerprint density at radius 1 is 1.33 bits per heavy atom. The van der Waals surface area contributed by atoms with Gasteiger partial charge in [0.2, 0.25) is 5.91 Å². The molecule has 1 aromatic carbocycles. The van der Waals surface area contributed by atoms with E-state index < -0.39 is 11.9 Å². The molecular weight excluding hydrogens is 350 g/mol. The van der Waals surface area contributed by atoms with E-state index in [4.69, 9.17) is 4.42 Å². The molecule has 2 amide bonds. The molecule has 1 saturated heterocycles. The number of carbonyl (C=O) groups is 2. The Bertz CT molecular complexity index is 913. The largest absolute Gasteiger partial charge is 0.417 e. The fourth-order valence-electron chi connectivity index (χ4n) is 3.70. The Labute approximate surface area is 155 Å². The summed E-state index contributed by atoms with van der Waals surface area (Å²) in [6, 6.07) is 4.59. The van der Waals surface area contributed by atoms with Crippen LogP contribution in [0.1, 0.15) is 42.5 Å². The number of benzene rings is 1. The van der Waals surface area contributed by atoms with Crippen molar-refractivity contribution in [2.45, 2.75) is 44.2 Å². The van der Waals surface area contributed by atoms with Crippen LogP contribution in [-0.2, 0) is 4.79 Å². The Balaban J connectivity index is 1.45. The van der Waals surface area contributed by atoms with Gasteiger partial charge in [-0.15, -0.1) is 0 Å². The summed E-state index contributed by atoms with van der Waals surface area (Å²) in [5.41, 5.74) is 0.981. The average molecular weight is 373 g/mol. The molecule has 2 aliphatic rings. The SMILES string of the molecule is O=C(CCC1CC1)NC[C@H]1C[C@@H](O)CN1C(=O)c1cccc2oc(=O)[nH]c12. The van der Waals surface area contributed by atoms with Gasteiger partial charge in [-0.05, 0) is 30.9 Å². The summed E-state index contributed by atoms with van der Waals surface area (Å²) in [4.78, 5) is 40.6. The maximum atomic E-state index is 13.0. The van der Waals surface area contributed by atoms with E-state index in [1.165, 1.54) is 12.8 Å². The van der Waals surface area contributed by atoms with Crippen LogP contribution in [0.2, 0.25) is 0 Å². The molecule has 1 aliphatic heterocycles. The fourth-order valence-corrected chi connectivity index (χ4v) is 3.70. The number of para-hydroxylation sites is 1. The van der Waals surface area contributed by atoms with E-state index in [-0.39, 0.29) is 24.4 Å². The topological polar surface area (TPSA) is 116 Å². The van der Waals surface area contributed by atoms with Crippen LogP contribution in [-0.4, -0.2) is 52.0 Å². The lowest BCUT2D eigenvalue weighted by atomic mass is 10.1. The molecule has 0 radical (unpaired) electrons. The number of nitrogens with one attached hydrogen (secondary N) is 2. The van der Waals surface area contributed by atoms with Crippen molar-refractivity contribution < 1.29 is 19.1 Å². The van der Waals surface area contributed by atoms with E-state index in [1.807, 2.05) is 0 Å². The van der Waals surface area contributed by atoms with Gasteiger partial charge in [0.05, 0.1) is 23.2 Å². The van der Waals surface area contributed by atoms with E-state index in [0.29, 0.717) is 42.0 Å². The Hall–Kier alpha value is -2.61. The zero-order chi connectivity index (χ0) is 19.0. The standard InChI is InChI=1S/C19H23N3O5/c23-13-8-12(9-20-16(24)7-6-11-4-5-11)22(10-13)18(25)14-2-1-3-15-17(14)21-19(26)27-15/h1-3,11-13,23H,4-10H2,(H,20,24)(H,21,26)/t12-,13-/m1/s1. The van der Waals surface area contributed by atoms with Crippen LogP contribution in [0.15, 0.2) is 27.4 Å². The summed E-state index contributed by atoms with van der Waals surface area (Å²) in [6.07, 6.45) is 3.62. The molecule has 1 aromatic heterocycles. The number of H-pyrrole nitrogens is 1. The third kappa shape index (κ3) is 3.90. The lowest BCUT2D eigenvalue weighted by Gasteiger charge is -2.25. The normalized spacial score (nSPS) is 22.3. The second kappa shape index (κ2) is 7.19. The first-order valence-electron chi connectivity index (χ1n) is 9.39. The monoisotopic (exact) mass is 373 g/mol. The molecule has 144 valence electrons. The zero-order valence-electron chi connectivity index (χ0n) is 14.9. The molecule has 0 bridgehead atoms. The molecule has 8 heteroatoms. The molecule has 8 nitrogen and oxygen atoms in total. The number of aliphatic hydroxyl groups is 1. The van der Waals surface area contributed by atoms with E-state index in [2.05, 4.69) is 10.3 Å². The van der Waals surface area contributed by atoms with Crippen LogP contribution in [0, 0.1) is 5.92 Å². The number of aromatic amines is 1. The summed E-state index contributed by atoms with van der Waals surface area (Å²) in [5, 5.41) is 12.9. The van der Waals surface area contributed by atoms with Crippen molar-refractivity contribution >= 4 is 22.9 Å². The van der Waals surface area contributed by atoms with Crippen LogP contribution in [0.25, 0.3) is 11.1 Å². The zero-order valence-corrected chi connectivity index (χ0v) is 14.9. The van der Waals surface area contributed by atoms with Gasteiger partial charge >= 0.3 is 5.76 Å². The van der Waals surface area contributed by atoms with Gasteiger partial charge in [0.15, 0.2) is 5.58 Å². The Morgan fingerprint density at radius 3 is 2.93 bits per heavy atom. The van der Waals surface area contributed by atoms with Crippen LogP contribution in [0.5, 0.6) is 0 Å². The summed E-state index contributed by atoms with van der Waals surface area (Å²) >= 11 is 0. The molecule has 2 atom stereocenters. The van der Waals surface area contributed by atoms with E-state index >= 15 is 0 Å². The summed E-state index contributed by atoms with van der Waals surface area (Å²) in [6.45, 7) is 0.504. The summed E-state index contributed by atoms with van der Waals surface area (Å²) in [5.74, 6) is -0.241. The Morgan fingerprint density at radius 2 is 2.15 bits per heavy atom. The number of β-amino-alcohol motifs (C(OH)–C–C–N with tert-alkyl or cyclic N) is 1. The highest BCUT2D eigenvalue weighted by Gasteiger charge is 2.35. The molecular formula is C19H23N3O5. The number of rotatable bonds is 6. The number of hydrogen-bond acceptors (Lipinski definition) is 5. The molecule has 0 unspecified atom stereocenters. The molecule has 3 N–H and O–H groups in total. The fraction of sp³-hybridized carbons (Fsp3) is 0.526. The van der Waals surface area contributed by atoms with Gasteiger partial charge in [0.1, 0.15) is 0 Å². The van der Waals surface area contributed by atoms with E-state index in [0.717, 1.165) is 6.42 Å². The second-order valence-electron chi connectivity index (χ2n) is 7.48. The number of amides is 2. The third-order valence-corrected chi connectivity index (χ3v) is 5.35. The van der Waals surface area contributed by atoms with Crippen LogP contribution in [0.4, 0.5) is 0 Å². The van der Waals surface area contributed by atoms with Crippen LogP contribution >= 0.6 is 0 Å². The van der Waals surface area contributed by atoms with E-state index in [9.17, 15) is 19.5 Å².